The van der Waals surface area contributed by atoms with Gasteiger partial charge in [-0.15, -0.1) is 0 Å². The number of ether oxygens (including phenoxy) is 1. The molecule has 2 heterocycles. The molecule has 204 valence electrons. The highest BCUT2D eigenvalue weighted by Crippen LogP contribution is 2.39. The monoisotopic (exact) mass is 526 g/mol. The third-order valence-corrected chi connectivity index (χ3v) is 6.19. The van der Waals surface area contributed by atoms with Gasteiger partial charge in [0.05, 0.1) is 11.9 Å². The lowest BCUT2D eigenvalue weighted by Gasteiger charge is -2.32. The zero-order valence-electron chi connectivity index (χ0n) is 22.5. The minimum absolute atomic E-state index is 0.219. The van der Waals surface area contributed by atoms with E-state index in [9.17, 15) is 18.7 Å². The summed E-state index contributed by atoms with van der Waals surface area (Å²) in [5, 5.41) is 13.2. The Bertz CT molecular complexity index is 1260. The summed E-state index contributed by atoms with van der Waals surface area (Å²) in [6.45, 7) is 8.68. The number of phenols is 1. The van der Waals surface area contributed by atoms with Crippen LogP contribution in [0.5, 0.6) is 5.75 Å². The number of hydrogen-bond donors (Lipinski definition) is 2. The van der Waals surface area contributed by atoms with E-state index in [1.165, 1.54) is 12.1 Å². The quantitative estimate of drug-likeness (QED) is 0.240. The predicted molar refractivity (Wildman–Crippen MR) is 146 cm³/mol. The highest BCUT2D eigenvalue weighted by atomic mass is 19.3. The molecule has 1 aliphatic heterocycles. The Morgan fingerprint density at radius 2 is 1.92 bits per heavy atom. The van der Waals surface area contributed by atoms with E-state index in [0.29, 0.717) is 22.6 Å². The normalized spacial score (nSPS) is 14.5. The maximum atomic E-state index is 14.3. The second-order valence-corrected chi connectivity index (χ2v) is 9.08. The number of anilines is 1. The van der Waals surface area contributed by atoms with E-state index in [0.717, 1.165) is 56.6 Å². The minimum atomic E-state index is -3.14. The van der Waals surface area contributed by atoms with Crippen molar-refractivity contribution in [1.29, 1.82) is 0 Å². The number of alkyl halides is 2. The van der Waals surface area contributed by atoms with E-state index in [-0.39, 0.29) is 17.5 Å². The molecule has 0 spiro atoms. The van der Waals surface area contributed by atoms with Gasteiger partial charge in [-0.2, -0.15) is 0 Å². The fourth-order valence-corrected chi connectivity index (χ4v) is 4.22. The van der Waals surface area contributed by atoms with Crippen LogP contribution in [0.3, 0.4) is 0 Å². The molecule has 1 aliphatic rings. The van der Waals surface area contributed by atoms with Crippen LogP contribution in [0, 0.1) is 0 Å². The highest BCUT2D eigenvalue weighted by Gasteiger charge is 2.32. The molecule has 0 radical (unpaired) electrons. The topological polar surface area (TPSA) is 79.6 Å². The number of aromatic hydroxyl groups is 1. The van der Waals surface area contributed by atoms with E-state index in [1.54, 1.807) is 23.0 Å². The first kappa shape index (κ1) is 28.8. The van der Waals surface area contributed by atoms with Gasteiger partial charge in [-0.05, 0) is 61.7 Å². The molecule has 0 saturated carbocycles. The van der Waals surface area contributed by atoms with Crippen molar-refractivity contribution >= 4 is 18.2 Å². The van der Waals surface area contributed by atoms with Crippen LogP contribution in [0.25, 0.3) is 17.5 Å². The number of nitrogens with zero attached hydrogens (tertiary/aromatic N) is 3. The molecular formula is C29H36F2N4O3. The van der Waals surface area contributed by atoms with Crippen molar-refractivity contribution in [2.45, 2.75) is 52.6 Å². The fourth-order valence-electron chi connectivity index (χ4n) is 4.22. The van der Waals surface area contributed by atoms with Crippen LogP contribution in [0.15, 0.2) is 48.8 Å². The molecule has 0 fully saturated rings. The minimum Gasteiger partial charge on any atom is -0.508 e. The molecule has 7 nitrogen and oxygen atoms in total. The van der Waals surface area contributed by atoms with Crippen molar-refractivity contribution in [3.05, 3.63) is 71.3 Å². The molecular weight excluding hydrogens is 490 g/mol. The molecule has 0 saturated heterocycles. The summed E-state index contributed by atoms with van der Waals surface area (Å²) in [6.07, 6.45) is 7.50. The molecule has 38 heavy (non-hydrogen) atoms. The van der Waals surface area contributed by atoms with Gasteiger partial charge in [0.2, 0.25) is 0 Å². The number of carbonyl (C=O) groups is 1. The number of aldehydes is 1. The van der Waals surface area contributed by atoms with Gasteiger partial charge in [0.25, 0.3) is 5.92 Å². The summed E-state index contributed by atoms with van der Waals surface area (Å²) in [6, 6.07) is 9.49. The average molecular weight is 527 g/mol. The zero-order chi connectivity index (χ0) is 27.9. The third-order valence-electron chi connectivity index (χ3n) is 6.19. The molecule has 0 amide bonds. The third kappa shape index (κ3) is 6.58. The summed E-state index contributed by atoms with van der Waals surface area (Å²) >= 11 is 0. The first-order valence-corrected chi connectivity index (χ1v) is 12.8. The summed E-state index contributed by atoms with van der Waals surface area (Å²) in [5.41, 5.74) is 2.93. The largest absolute Gasteiger partial charge is 0.508 e. The van der Waals surface area contributed by atoms with Crippen molar-refractivity contribution in [3.8, 4) is 17.0 Å². The maximum absolute atomic E-state index is 14.3. The fraction of sp³-hybridized carbons (Fsp3) is 0.379. The number of rotatable bonds is 9. The lowest BCUT2D eigenvalue weighted by atomic mass is 9.99. The molecule has 1 aromatic heterocycles. The van der Waals surface area contributed by atoms with Crippen LogP contribution in [0.2, 0.25) is 0 Å². The first-order chi connectivity index (χ1) is 18.1. The summed E-state index contributed by atoms with van der Waals surface area (Å²) < 4.78 is 35.3. The van der Waals surface area contributed by atoms with E-state index >= 15 is 0 Å². The number of imidazole rings is 1. The summed E-state index contributed by atoms with van der Waals surface area (Å²) in [7, 11) is 1.89. The van der Waals surface area contributed by atoms with Gasteiger partial charge in [0.15, 0.2) is 12.0 Å². The van der Waals surface area contributed by atoms with E-state index in [1.807, 2.05) is 44.1 Å². The van der Waals surface area contributed by atoms with Crippen LogP contribution in [-0.4, -0.2) is 46.1 Å². The Kier molecular flexibility index (Phi) is 9.63. The molecule has 9 heteroatoms. The van der Waals surface area contributed by atoms with Gasteiger partial charge in [-0.25, -0.2) is 13.8 Å². The van der Waals surface area contributed by atoms with Gasteiger partial charge in [-0.1, -0.05) is 13.8 Å². The first-order valence-electron chi connectivity index (χ1n) is 12.8. The van der Waals surface area contributed by atoms with Crippen LogP contribution in [-0.2, 0) is 17.1 Å². The number of phenolic OH excluding ortho intramolecular Hbond substituents is 1. The Morgan fingerprint density at radius 3 is 2.53 bits per heavy atom. The molecule has 1 unspecified atom stereocenters. The lowest BCUT2D eigenvalue weighted by Crippen LogP contribution is -2.31. The van der Waals surface area contributed by atoms with Gasteiger partial charge in [0.1, 0.15) is 12.0 Å². The van der Waals surface area contributed by atoms with Gasteiger partial charge in [0, 0.05) is 62.0 Å². The number of carbonyl (C=O) groups excluding carboxylic acids is 1. The Hall–Kier alpha value is -3.72. The second kappa shape index (κ2) is 12.7. The predicted octanol–water partition coefficient (Wildman–Crippen LogP) is 6.66. The molecule has 2 aromatic carbocycles. The van der Waals surface area contributed by atoms with Crippen molar-refractivity contribution in [3.63, 3.8) is 0 Å². The molecule has 0 bridgehead atoms. The number of aromatic nitrogens is 2. The zero-order valence-corrected chi connectivity index (χ0v) is 22.5. The summed E-state index contributed by atoms with van der Waals surface area (Å²) in [5.74, 6) is -2.73. The van der Waals surface area contributed by atoms with Gasteiger partial charge in [-0.3, -0.25) is 9.36 Å². The van der Waals surface area contributed by atoms with Crippen molar-refractivity contribution < 1.29 is 23.4 Å². The Balaban J connectivity index is 0.000000599. The van der Waals surface area contributed by atoms with Crippen LogP contribution in [0.4, 0.5) is 14.5 Å². The van der Waals surface area contributed by atoms with E-state index in [2.05, 4.69) is 17.2 Å². The summed E-state index contributed by atoms with van der Waals surface area (Å²) in [4.78, 5) is 17.7. The smallest absolute Gasteiger partial charge is 0.271 e. The van der Waals surface area contributed by atoms with Gasteiger partial charge >= 0.3 is 0 Å². The number of aryl methyl sites for hydroxylation is 1. The van der Waals surface area contributed by atoms with Crippen molar-refractivity contribution in [2.75, 3.05) is 25.6 Å². The maximum Gasteiger partial charge on any atom is 0.271 e. The molecule has 1 atom stereocenters. The molecule has 4 rings (SSSR count). The van der Waals surface area contributed by atoms with E-state index in [4.69, 9.17) is 4.74 Å². The van der Waals surface area contributed by atoms with Gasteiger partial charge < -0.3 is 20.1 Å². The van der Waals surface area contributed by atoms with Crippen LogP contribution in [0.1, 0.15) is 67.6 Å². The standard InChI is InChI=1S/C24H24F2N4O2.C5H12O/c1-4-15-11-17(6-5-16(15)14-31)28-23-22-27-13-21(30(22)10-9-29(23)3)19-8-7-18(32)12-20(19)24(2,25)26;1-3-5-6-4-2/h5-14,23,28,32H,4H2,1-3H3;3-5H2,1-2H3. The number of hydrogen-bond acceptors (Lipinski definition) is 6. The molecule has 3 aromatic rings. The number of nitrogens with one attached hydrogen (secondary N) is 1. The number of fused-ring (bicyclic) bond motifs is 1. The average Bonchev–Trinajstić information content (AvgIpc) is 3.33. The van der Waals surface area contributed by atoms with Crippen LogP contribution >= 0.6 is 0 Å². The SMILES string of the molecule is CCCOCC.CCc1cc(NC2c3ncc(-c4ccc(O)cc4C(C)(F)F)n3C=CN2C)ccc1C=O. The number of benzene rings is 2. The lowest BCUT2D eigenvalue weighted by molar-refractivity contribution is 0.0178. The van der Waals surface area contributed by atoms with Crippen molar-refractivity contribution in [1.82, 2.24) is 14.5 Å². The number of halogens is 2. The highest BCUT2D eigenvalue weighted by molar-refractivity contribution is 5.78. The van der Waals surface area contributed by atoms with Crippen molar-refractivity contribution in [2.24, 2.45) is 0 Å². The van der Waals surface area contributed by atoms with Crippen LogP contribution < -0.4 is 5.32 Å². The van der Waals surface area contributed by atoms with E-state index < -0.39 is 5.92 Å². The Morgan fingerprint density at radius 1 is 1.16 bits per heavy atom. The molecule has 0 aliphatic carbocycles. The second-order valence-electron chi connectivity index (χ2n) is 9.08. The molecule has 2 N–H and O–H groups in total. The Labute approximate surface area is 222 Å².